The lowest BCUT2D eigenvalue weighted by Gasteiger charge is -2.20. The first-order chi connectivity index (χ1) is 14.6. The molecule has 0 bridgehead atoms. The number of allylic oxidation sites excluding steroid dienone is 3. The van der Waals surface area contributed by atoms with Gasteiger partial charge < -0.3 is 4.74 Å². The molecule has 0 heterocycles. The van der Waals surface area contributed by atoms with Crippen LogP contribution in [0, 0.1) is 23.5 Å². The maximum Gasteiger partial charge on any atom is 0.201 e. The summed E-state index contributed by atoms with van der Waals surface area (Å²) in [7, 11) is 0. The fraction of sp³-hybridized carbons (Fsp3) is 0.407. The third-order valence-corrected chi connectivity index (χ3v) is 5.72. The predicted octanol–water partition coefficient (Wildman–Crippen LogP) is 8.21. The van der Waals surface area contributed by atoms with Gasteiger partial charge in [0.15, 0.2) is 11.6 Å². The van der Waals surface area contributed by atoms with Crippen LogP contribution >= 0.6 is 0 Å². The Bertz CT molecular complexity index is 867. The Labute approximate surface area is 179 Å². The van der Waals surface area contributed by atoms with E-state index in [2.05, 4.69) is 31.2 Å². The maximum absolute atomic E-state index is 14.6. The molecule has 0 N–H and O–H groups in total. The topological polar surface area (TPSA) is 9.23 Å². The fourth-order valence-electron chi connectivity index (χ4n) is 3.87. The standard InChI is InChI=1S/C27H32F2O/c1-3-5-19-30-25-18-17-24(26(28)27(25)29)23-15-13-22(14-16-23)12-11-21-9-7-20(6-4-2)8-10-21/h7,9,11-18,20-21H,3-6,8,10,19H2,1-2H3. The van der Waals surface area contributed by atoms with Gasteiger partial charge in [0.2, 0.25) is 5.82 Å². The molecule has 0 amide bonds. The van der Waals surface area contributed by atoms with Gasteiger partial charge >= 0.3 is 0 Å². The summed E-state index contributed by atoms with van der Waals surface area (Å²) < 4.78 is 34.2. The molecule has 0 aromatic heterocycles. The average Bonchev–Trinajstić information content (AvgIpc) is 2.77. The first-order valence-corrected chi connectivity index (χ1v) is 11.2. The number of benzene rings is 2. The van der Waals surface area contributed by atoms with Crippen LogP contribution in [0.4, 0.5) is 8.78 Å². The van der Waals surface area contributed by atoms with E-state index in [-0.39, 0.29) is 11.3 Å². The van der Waals surface area contributed by atoms with E-state index in [4.69, 9.17) is 4.74 Å². The number of ether oxygens (including phenoxy) is 1. The van der Waals surface area contributed by atoms with Gasteiger partial charge in [0.1, 0.15) is 0 Å². The Balaban J connectivity index is 1.66. The van der Waals surface area contributed by atoms with Gasteiger partial charge in [-0.25, -0.2) is 4.39 Å². The van der Waals surface area contributed by atoms with Crippen LogP contribution in [0.2, 0.25) is 0 Å². The van der Waals surface area contributed by atoms with Crippen LogP contribution in [0.25, 0.3) is 17.2 Å². The molecule has 30 heavy (non-hydrogen) atoms. The SMILES string of the molecule is CCCCOc1ccc(-c2ccc(C=CC3C=CC(CCC)CC3)cc2)c(F)c1F. The number of unbranched alkanes of at least 4 members (excludes halogenated alkanes) is 1. The third-order valence-electron chi connectivity index (χ3n) is 5.72. The van der Waals surface area contributed by atoms with Crippen molar-refractivity contribution in [2.24, 2.45) is 11.8 Å². The second kappa shape index (κ2) is 11.1. The van der Waals surface area contributed by atoms with E-state index in [1.807, 2.05) is 31.2 Å². The molecule has 0 saturated heterocycles. The lowest BCUT2D eigenvalue weighted by Crippen LogP contribution is -2.06. The summed E-state index contributed by atoms with van der Waals surface area (Å²) in [6.45, 7) is 4.65. The Morgan fingerprint density at radius 1 is 0.933 bits per heavy atom. The summed E-state index contributed by atoms with van der Waals surface area (Å²) in [4.78, 5) is 0. The van der Waals surface area contributed by atoms with Crippen molar-refractivity contribution in [3.63, 3.8) is 0 Å². The van der Waals surface area contributed by atoms with Crippen molar-refractivity contribution in [1.29, 1.82) is 0 Å². The molecule has 0 saturated carbocycles. The van der Waals surface area contributed by atoms with Gasteiger partial charge in [-0.2, -0.15) is 4.39 Å². The van der Waals surface area contributed by atoms with Crippen LogP contribution in [0.1, 0.15) is 57.9 Å². The van der Waals surface area contributed by atoms with Crippen molar-refractivity contribution in [2.75, 3.05) is 6.61 Å². The monoisotopic (exact) mass is 410 g/mol. The molecule has 0 spiro atoms. The van der Waals surface area contributed by atoms with Gasteiger partial charge in [0.05, 0.1) is 6.61 Å². The van der Waals surface area contributed by atoms with Crippen LogP contribution in [0.5, 0.6) is 5.75 Å². The number of halogens is 2. The van der Waals surface area contributed by atoms with Crippen LogP contribution < -0.4 is 4.74 Å². The van der Waals surface area contributed by atoms with Gasteiger partial charge in [-0.1, -0.05) is 75.3 Å². The van der Waals surface area contributed by atoms with E-state index in [1.165, 1.54) is 31.7 Å². The Kier molecular flexibility index (Phi) is 8.24. The van der Waals surface area contributed by atoms with E-state index >= 15 is 0 Å². The first kappa shape index (κ1) is 22.3. The minimum absolute atomic E-state index is 0.0223. The highest BCUT2D eigenvalue weighted by molar-refractivity contribution is 5.67. The van der Waals surface area contributed by atoms with Crippen molar-refractivity contribution >= 4 is 6.08 Å². The number of hydrogen-bond acceptors (Lipinski definition) is 1. The molecule has 0 fully saturated rings. The van der Waals surface area contributed by atoms with E-state index < -0.39 is 11.6 Å². The van der Waals surface area contributed by atoms with Crippen molar-refractivity contribution in [1.82, 2.24) is 0 Å². The summed E-state index contributed by atoms with van der Waals surface area (Å²) in [5.74, 6) is -0.590. The molecule has 2 aromatic rings. The van der Waals surface area contributed by atoms with E-state index in [0.29, 0.717) is 18.1 Å². The zero-order valence-corrected chi connectivity index (χ0v) is 18.0. The van der Waals surface area contributed by atoms with Crippen molar-refractivity contribution in [2.45, 2.75) is 52.4 Å². The molecule has 2 atom stereocenters. The van der Waals surface area contributed by atoms with Gasteiger partial charge in [0.25, 0.3) is 0 Å². The molecular weight excluding hydrogens is 378 g/mol. The molecule has 3 heteroatoms. The quantitative estimate of drug-likeness (QED) is 0.299. The lowest BCUT2D eigenvalue weighted by atomic mass is 9.86. The van der Waals surface area contributed by atoms with E-state index in [9.17, 15) is 8.78 Å². The smallest absolute Gasteiger partial charge is 0.201 e. The van der Waals surface area contributed by atoms with Crippen LogP contribution in [-0.4, -0.2) is 6.61 Å². The Morgan fingerprint density at radius 3 is 2.40 bits per heavy atom. The molecule has 0 radical (unpaired) electrons. The van der Waals surface area contributed by atoms with Crippen LogP contribution in [0.3, 0.4) is 0 Å². The molecule has 1 aliphatic carbocycles. The van der Waals surface area contributed by atoms with Gasteiger partial charge in [-0.3, -0.25) is 0 Å². The predicted molar refractivity (Wildman–Crippen MR) is 121 cm³/mol. The van der Waals surface area contributed by atoms with Gasteiger partial charge in [-0.15, -0.1) is 0 Å². The van der Waals surface area contributed by atoms with Crippen LogP contribution in [-0.2, 0) is 0 Å². The minimum atomic E-state index is -0.918. The second-order valence-electron chi connectivity index (χ2n) is 8.10. The van der Waals surface area contributed by atoms with Gasteiger partial charge in [0, 0.05) is 5.56 Å². The maximum atomic E-state index is 14.6. The summed E-state index contributed by atoms with van der Waals surface area (Å²) in [6, 6.07) is 10.7. The largest absolute Gasteiger partial charge is 0.490 e. The molecule has 1 aliphatic rings. The molecule has 1 nitrogen and oxygen atoms in total. The van der Waals surface area contributed by atoms with Gasteiger partial charge in [-0.05, 0) is 60.8 Å². The van der Waals surface area contributed by atoms with Crippen molar-refractivity contribution < 1.29 is 13.5 Å². The van der Waals surface area contributed by atoms with Crippen molar-refractivity contribution in [3.8, 4) is 16.9 Å². The Morgan fingerprint density at radius 2 is 1.73 bits per heavy atom. The molecule has 3 rings (SSSR count). The zero-order valence-electron chi connectivity index (χ0n) is 18.0. The summed E-state index contributed by atoms with van der Waals surface area (Å²) in [5, 5.41) is 0. The first-order valence-electron chi connectivity index (χ1n) is 11.2. The van der Waals surface area contributed by atoms with Crippen LogP contribution in [0.15, 0.2) is 54.6 Å². The molecule has 2 unspecified atom stereocenters. The second-order valence-corrected chi connectivity index (χ2v) is 8.10. The summed E-state index contributed by atoms with van der Waals surface area (Å²) >= 11 is 0. The molecular formula is C27H32F2O. The van der Waals surface area contributed by atoms with E-state index in [0.717, 1.165) is 24.3 Å². The number of hydrogen-bond donors (Lipinski definition) is 0. The molecule has 160 valence electrons. The highest BCUT2D eigenvalue weighted by atomic mass is 19.2. The Hall–Kier alpha value is -2.42. The molecule has 0 aliphatic heterocycles. The number of rotatable bonds is 9. The summed E-state index contributed by atoms with van der Waals surface area (Å²) in [6.07, 6.45) is 15.7. The lowest BCUT2D eigenvalue weighted by molar-refractivity contribution is 0.289. The fourth-order valence-corrected chi connectivity index (χ4v) is 3.87. The normalized spacial score (nSPS) is 18.8. The van der Waals surface area contributed by atoms with E-state index in [1.54, 1.807) is 6.07 Å². The summed E-state index contributed by atoms with van der Waals surface area (Å²) in [5.41, 5.74) is 1.97. The minimum Gasteiger partial charge on any atom is -0.490 e. The zero-order chi connectivity index (χ0) is 21.3. The molecule has 2 aromatic carbocycles. The third kappa shape index (κ3) is 5.81. The highest BCUT2D eigenvalue weighted by Gasteiger charge is 2.16. The average molecular weight is 411 g/mol. The highest BCUT2D eigenvalue weighted by Crippen LogP contribution is 2.31. The van der Waals surface area contributed by atoms with Crippen molar-refractivity contribution in [3.05, 3.63) is 71.8 Å².